The maximum atomic E-state index is 12.8. The minimum absolute atomic E-state index is 0.0417. The van der Waals surface area contributed by atoms with E-state index >= 15 is 0 Å². The van der Waals surface area contributed by atoms with Gasteiger partial charge in [0.25, 0.3) is 0 Å². The molecule has 0 amide bonds. The molecule has 2 heterocycles. The van der Waals surface area contributed by atoms with E-state index in [0.29, 0.717) is 12.6 Å². The van der Waals surface area contributed by atoms with Crippen molar-refractivity contribution >= 4 is 10.0 Å². The lowest BCUT2D eigenvalue weighted by molar-refractivity contribution is 0.165. The molecule has 1 N–H and O–H groups in total. The van der Waals surface area contributed by atoms with Crippen LogP contribution in [0.3, 0.4) is 0 Å². The molecule has 9 heteroatoms. The minimum atomic E-state index is -3.27. The average molecular weight is 369 g/mol. The molecule has 1 aromatic heterocycles. The van der Waals surface area contributed by atoms with E-state index in [4.69, 9.17) is 0 Å². The van der Waals surface area contributed by atoms with Crippen molar-refractivity contribution in [2.75, 3.05) is 13.1 Å². The normalized spacial score (nSPS) is 27.6. The van der Waals surface area contributed by atoms with Crippen LogP contribution in [0.1, 0.15) is 76.2 Å². The van der Waals surface area contributed by atoms with Crippen molar-refractivity contribution in [1.29, 1.82) is 0 Å². The molecule has 1 aliphatic heterocycles. The molecule has 2 aliphatic carbocycles. The highest BCUT2D eigenvalue weighted by atomic mass is 32.2. The van der Waals surface area contributed by atoms with Crippen molar-refractivity contribution in [3.05, 3.63) is 5.82 Å². The summed E-state index contributed by atoms with van der Waals surface area (Å²) in [6, 6.07) is 0.612. The quantitative estimate of drug-likeness (QED) is 0.816. The molecule has 0 radical (unpaired) electrons. The fourth-order valence-electron chi connectivity index (χ4n) is 4.16. The molecule has 0 spiro atoms. The summed E-state index contributed by atoms with van der Waals surface area (Å²) in [5.41, 5.74) is 0. The van der Waals surface area contributed by atoms with Crippen LogP contribution in [0, 0.1) is 0 Å². The van der Waals surface area contributed by atoms with Gasteiger partial charge in [0.2, 0.25) is 10.0 Å². The number of aromatic nitrogens is 4. The average Bonchev–Trinajstić information content (AvgIpc) is 3.11. The summed E-state index contributed by atoms with van der Waals surface area (Å²) in [6.07, 6.45) is 8.10. The highest BCUT2D eigenvalue weighted by Crippen LogP contribution is 2.36. The van der Waals surface area contributed by atoms with E-state index < -0.39 is 10.0 Å². The minimum Gasteiger partial charge on any atom is -0.292 e. The summed E-state index contributed by atoms with van der Waals surface area (Å²) < 4.78 is 30.5. The molecule has 1 saturated heterocycles. The fraction of sp³-hybridized carbons (Fsp3) is 0.938. The third-order valence-corrected chi connectivity index (χ3v) is 7.79. The molecule has 2 atom stereocenters. The van der Waals surface area contributed by atoms with Crippen molar-refractivity contribution in [1.82, 2.24) is 29.8 Å². The van der Waals surface area contributed by atoms with Crippen LogP contribution in [-0.4, -0.2) is 57.9 Å². The summed E-state index contributed by atoms with van der Waals surface area (Å²) in [5, 5.41) is 11.8. The standard InChI is InChI=1S/C16H28N6O2S/c1-12(16-17-19-20-22(16)14-8-9-14)21-10-4-7-15(11-21)25(23,24)18-13-5-2-3-6-13/h12-15,18H,2-11H2,1H3. The summed E-state index contributed by atoms with van der Waals surface area (Å²) in [7, 11) is -3.27. The van der Waals surface area contributed by atoms with Gasteiger partial charge in [-0.3, -0.25) is 4.90 Å². The number of rotatable bonds is 6. The Hall–Kier alpha value is -1.06. The molecule has 1 aromatic rings. The number of likely N-dealkylation sites (tertiary alicyclic amines) is 1. The van der Waals surface area contributed by atoms with Crippen molar-refractivity contribution in [3.8, 4) is 0 Å². The Morgan fingerprint density at radius 3 is 2.60 bits per heavy atom. The van der Waals surface area contributed by atoms with Gasteiger partial charge in [-0.2, -0.15) is 0 Å². The number of hydrogen-bond donors (Lipinski definition) is 1. The van der Waals surface area contributed by atoms with Crippen LogP contribution in [0.15, 0.2) is 0 Å². The molecule has 140 valence electrons. The Morgan fingerprint density at radius 2 is 1.88 bits per heavy atom. The Kier molecular flexibility index (Phi) is 4.81. The van der Waals surface area contributed by atoms with Gasteiger partial charge in [-0.05, 0) is 62.4 Å². The lowest BCUT2D eigenvalue weighted by atomic mass is 10.1. The monoisotopic (exact) mass is 368 g/mol. The smallest absolute Gasteiger partial charge is 0.215 e. The van der Waals surface area contributed by atoms with Crippen LogP contribution >= 0.6 is 0 Å². The lowest BCUT2D eigenvalue weighted by Crippen LogP contribution is -2.49. The first-order valence-corrected chi connectivity index (χ1v) is 11.1. The van der Waals surface area contributed by atoms with Crippen LogP contribution < -0.4 is 4.72 Å². The number of nitrogens with one attached hydrogen (secondary N) is 1. The zero-order valence-electron chi connectivity index (χ0n) is 14.8. The first-order chi connectivity index (χ1) is 12.0. The van der Waals surface area contributed by atoms with Crippen molar-refractivity contribution < 1.29 is 8.42 Å². The summed E-state index contributed by atoms with van der Waals surface area (Å²) in [5.74, 6) is 0.865. The second-order valence-corrected chi connectivity index (χ2v) is 9.78. The Labute approximate surface area is 149 Å². The maximum Gasteiger partial charge on any atom is 0.215 e. The lowest BCUT2D eigenvalue weighted by Gasteiger charge is -2.36. The number of tetrazole rings is 1. The highest BCUT2D eigenvalue weighted by Gasteiger charge is 2.37. The molecule has 25 heavy (non-hydrogen) atoms. The number of piperidine rings is 1. The van der Waals surface area contributed by atoms with E-state index in [1.807, 2.05) is 4.68 Å². The van der Waals surface area contributed by atoms with Gasteiger partial charge >= 0.3 is 0 Å². The predicted octanol–water partition coefficient (Wildman–Crippen LogP) is 1.40. The maximum absolute atomic E-state index is 12.8. The van der Waals surface area contributed by atoms with Crippen LogP contribution in [0.2, 0.25) is 0 Å². The van der Waals surface area contributed by atoms with Gasteiger partial charge in [0, 0.05) is 12.6 Å². The summed E-state index contributed by atoms with van der Waals surface area (Å²) in [6.45, 7) is 3.54. The van der Waals surface area contributed by atoms with Crippen molar-refractivity contribution in [2.24, 2.45) is 0 Å². The Balaban J connectivity index is 1.44. The molecule has 8 nitrogen and oxygen atoms in total. The van der Waals surface area contributed by atoms with Gasteiger partial charge in [0.15, 0.2) is 5.82 Å². The molecular weight excluding hydrogens is 340 g/mol. The largest absolute Gasteiger partial charge is 0.292 e. The molecule has 2 unspecified atom stereocenters. The number of nitrogens with zero attached hydrogens (tertiary/aromatic N) is 5. The number of hydrogen-bond acceptors (Lipinski definition) is 6. The van der Waals surface area contributed by atoms with E-state index in [0.717, 1.165) is 63.7 Å². The molecule has 3 fully saturated rings. The van der Waals surface area contributed by atoms with Gasteiger partial charge < -0.3 is 0 Å². The van der Waals surface area contributed by atoms with Gasteiger partial charge in [-0.15, -0.1) is 5.10 Å². The van der Waals surface area contributed by atoms with E-state index in [2.05, 4.69) is 32.1 Å². The summed E-state index contributed by atoms with van der Waals surface area (Å²) in [4.78, 5) is 2.23. The third kappa shape index (κ3) is 3.73. The SMILES string of the molecule is CC(c1nnnn1C1CC1)N1CCCC(S(=O)(=O)NC2CCCC2)C1. The van der Waals surface area contributed by atoms with Gasteiger partial charge in [0.1, 0.15) is 0 Å². The molecular formula is C16H28N6O2S. The number of sulfonamides is 1. The van der Waals surface area contributed by atoms with Crippen LogP contribution in [0.4, 0.5) is 0 Å². The van der Waals surface area contributed by atoms with Crippen LogP contribution in [-0.2, 0) is 10.0 Å². The van der Waals surface area contributed by atoms with E-state index in [-0.39, 0.29) is 17.3 Å². The summed E-state index contributed by atoms with van der Waals surface area (Å²) >= 11 is 0. The fourth-order valence-corrected chi connectivity index (χ4v) is 5.92. The predicted molar refractivity (Wildman–Crippen MR) is 93.4 cm³/mol. The van der Waals surface area contributed by atoms with Crippen LogP contribution in [0.25, 0.3) is 0 Å². The van der Waals surface area contributed by atoms with E-state index in [1.165, 1.54) is 0 Å². The molecule has 2 saturated carbocycles. The van der Waals surface area contributed by atoms with E-state index in [9.17, 15) is 8.42 Å². The topological polar surface area (TPSA) is 93.0 Å². The second kappa shape index (κ2) is 6.92. The Bertz CT molecular complexity index is 695. The van der Waals surface area contributed by atoms with Crippen molar-refractivity contribution in [2.45, 2.75) is 81.7 Å². The Morgan fingerprint density at radius 1 is 1.12 bits per heavy atom. The van der Waals surface area contributed by atoms with Crippen molar-refractivity contribution in [3.63, 3.8) is 0 Å². The van der Waals surface area contributed by atoms with E-state index in [1.54, 1.807) is 0 Å². The van der Waals surface area contributed by atoms with Gasteiger partial charge in [0.05, 0.1) is 17.3 Å². The first-order valence-electron chi connectivity index (χ1n) is 9.57. The molecule has 0 bridgehead atoms. The molecule has 4 rings (SSSR count). The molecule has 3 aliphatic rings. The van der Waals surface area contributed by atoms with Gasteiger partial charge in [-0.1, -0.05) is 12.8 Å². The zero-order valence-corrected chi connectivity index (χ0v) is 15.7. The van der Waals surface area contributed by atoms with Gasteiger partial charge in [-0.25, -0.2) is 17.8 Å². The molecule has 0 aromatic carbocycles. The van der Waals surface area contributed by atoms with Crippen LogP contribution in [0.5, 0.6) is 0 Å². The zero-order chi connectivity index (χ0) is 17.4. The second-order valence-electron chi connectivity index (χ2n) is 7.79. The first kappa shape index (κ1) is 17.4. The third-order valence-electron chi connectivity index (χ3n) is 5.87. The highest BCUT2D eigenvalue weighted by molar-refractivity contribution is 7.90.